The molecule has 1 unspecified atom stereocenters. The smallest absolute Gasteiger partial charge is 0.228 e. The van der Waals surface area contributed by atoms with Crippen LogP contribution in [0.3, 0.4) is 0 Å². The van der Waals surface area contributed by atoms with Crippen LogP contribution in [0.5, 0.6) is 0 Å². The van der Waals surface area contributed by atoms with E-state index in [0.29, 0.717) is 17.8 Å². The van der Waals surface area contributed by atoms with E-state index in [2.05, 4.69) is 10.6 Å². The Morgan fingerprint density at radius 3 is 2.95 bits per heavy atom. The van der Waals surface area contributed by atoms with Crippen molar-refractivity contribution in [1.82, 2.24) is 5.32 Å². The molecule has 0 saturated carbocycles. The summed E-state index contributed by atoms with van der Waals surface area (Å²) in [5, 5.41) is 5.46. The molecule has 1 aliphatic heterocycles. The van der Waals surface area contributed by atoms with Gasteiger partial charge in [0.2, 0.25) is 11.8 Å². The number of fused-ring (bicyclic) bond motifs is 1. The van der Waals surface area contributed by atoms with E-state index >= 15 is 0 Å². The summed E-state index contributed by atoms with van der Waals surface area (Å²) in [4.78, 5) is 26.4. The van der Waals surface area contributed by atoms with Gasteiger partial charge >= 0.3 is 0 Å². The second-order valence-corrected chi connectivity index (χ2v) is 6.64. The summed E-state index contributed by atoms with van der Waals surface area (Å²) in [7, 11) is 0. The number of carbonyl (C=O) groups excluding carboxylic acids is 2. The van der Waals surface area contributed by atoms with Gasteiger partial charge in [-0.15, -0.1) is 11.3 Å². The topological polar surface area (TPSA) is 58.2 Å². The Balaban J connectivity index is 1.76. The van der Waals surface area contributed by atoms with Crippen LogP contribution in [-0.4, -0.2) is 11.8 Å². The van der Waals surface area contributed by atoms with Crippen LogP contribution in [0, 0.1) is 12.7 Å². The van der Waals surface area contributed by atoms with Crippen LogP contribution in [0.15, 0.2) is 30.3 Å². The molecule has 0 bridgehead atoms. The first-order chi connectivity index (χ1) is 10.5. The van der Waals surface area contributed by atoms with Crippen molar-refractivity contribution in [2.45, 2.75) is 25.8 Å². The molecule has 0 saturated heterocycles. The third kappa shape index (κ3) is 3.01. The number of halogens is 1. The van der Waals surface area contributed by atoms with Crippen molar-refractivity contribution in [3.8, 4) is 0 Å². The third-order valence-corrected chi connectivity index (χ3v) is 4.60. The van der Waals surface area contributed by atoms with Crippen molar-refractivity contribution in [2.75, 3.05) is 5.32 Å². The van der Waals surface area contributed by atoms with Gasteiger partial charge in [-0.1, -0.05) is 6.07 Å². The summed E-state index contributed by atoms with van der Waals surface area (Å²) in [6, 6.07) is 8.08. The molecule has 22 heavy (non-hydrogen) atoms. The Morgan fingerprint density at radius 1 is 1.41 bits per heavy atom. The molecule has 0 fully saturated rings. The summed E-state index contributed by atoms with van der Waals surface area (Å²) >= 11 is 1.62. The molecule has 1 atom stereocenters. The zero-order valence-corrected chi connectivity index (χ0v) is 12.8. The van der Waals surface area contributed by atoms with E-state index in [1.165, 1.54) is 17.0 Å². The van der Waals surface area contributed by atoms with Gasteiger partial charge in [-0.2, -0.15) is 0 Å². The van der Waals surface area contributed by atoms with Crippen molar-refractivity contribution in [2.24, 2.45) is 0 Å². The van der Waals surface area contributed by atoms with Gasteiger partial charge in [0, 0.05) is 21.9 Å². The maximum absolute atomic E-state index is 13.3. The van der Waals surface area contributed by atoms with Crippen LogP contribution < -0.4 is 10.6 Å². The predicted molar refractivity (Wildman–Crippen MR) is 83.3 cm³/mol. The molecular weight excluding hydrogens is 303 g/mol. The lowest BCUT2D eigenvalue weighted by Crippen LogP contribution is -2.34. The maximum Gasteiger partial charge on any atom is 0.228 e. The molecule has 3 rings (SSSR count). The number of anilines is 1. The normalized spacial score (nSPS) is 16.8. The number of amides is 2. The summed E-state index contributed by atoms with van der Waals surface area (Å²) < 4.78 is 13.3. The molecule has 114 valence electrons. The van der Waals surface area contributed by atoms with Crippen molar-refractivity contribution < 1.29 is 14.0 Å². The Kier molecular flexibility index (Phi) is 3.94. The van der Waals surface area contributed by atoms with Crippen molar-refractivity contribution in [3.63, 3.8) is 0 Å². The molecule has 4 nitrogen and oxygen atoms in total. The first-order valence-electron chi connectivity index (χ1n) is 6.95. The van der Waals surface area contributed by atoms with Gasteiger partial charge in [-0.3, -0.25) is 9.59 Å². The van der Waals surface area contributed by atoms with E-state index in [1.54, 1.807) is 17.4 Å². The highest BCUT2D eigenvalue weighted by atomic mass is 32.1. The molecule has 0 aliphatic carbocycles. The number of carbonyl (C=O) groups is 2. The van der Waals surface area contributed by atoms with Gasteiger partial charge < -0.3 is 10.6 Å². The number of benzene rings is 1. The summed E-state index contributed by atoms with van der Waals surface area (Å²) in [5.41, 5.74) is 1.03. The number of nitrogens with one attached hydrogen (secondary N) is 2. The Labute approximate surface area is 131 Å². The van der Waals surface area contributed by atoms with Gasteiger partial charge in [-0.25, -0.2) is 4.39 Å². The predicted octanol–water partition coefficient (Wildman–Crippen LogP) is 2.94. The second kappa shape index (κ2) is 5.88. The van der Waals surface area contributed by atoms with Crippen molar-refractivity contribution in [1.29, 1.82) is 0 Å². The average Bonchev–Trinajstić information content (AvgIpc) is 2.89. The van der Waals surface area contributed by atoms with Gasteiger partial charge in [-0.05, 0) is 36.8 Å². The van der Waals surface area contributed by atoms with E-state index in [9.17, 15) is 14.0 Å². The number of hydrogen-bond acceptors (Lipinski definition) is 3. The molecule has 0 radical (unpaired) electrons. The number of aryl methyl sites for hydroxylation is 1. The molecule has 2 heterocycles. The highest BCUT2D eigenvalue weighted by molar-refractivity contribution is 7.11. The Bertz CT molecular complexity index is 741. The monoisotopic (exact) mass is 318 g/mol. The zero-order valence-electron chi connectivity index (χ0n) is 12.0. The average molecular weight is 318 g/mol. The molecule has 2 aromatic rings. The minimum atomic E-state index is -0.578. The fraction of sp³-hybridized carbons (Fsp3) is 0.250. The highest BCUT2D eigenvalue weighted by Crippen LogP contribution is 2.33. The Hall–Kier alpha value is -2.21. The fourth-order valence-electron chi connectivity index (χ4n) is 2.55. The lowest BCUT2D eigenvalue weighted by Gasteiger charge is -2.24. The van der Waals surface area contributed by atoms with E-state index in [-0.39, 0.29) is 18.2 Å². The molecule has 1 aliphatic rings. The quantitative estimate of drug-likeness (QED) is 0.914. The molecule has 2 N–H and O–H groups in total. The van der Waals surface area contributed by atoms with E-state index in [1.807, 2.05) is 19.1 Å². The molecule has 2 amide bonds. The van der Waals surface area contributed by atoms with E-state index in [4.69, 9.17) is 0 Å². The molecule has 1 aromatic heterocycles. The molecular formula is C16H15FN2O2S. The van der Waals surface area contributed by atoms with Gasteiger partial charge in [0.15, 0.2) is 0 Å². The summed E-state index contributed by atoms with van der Waals surface area (Å²) in [6.07, 6.45) is 0.0773. The third-order valence-electron chi connectivity index (χ3n) is 3.60. The lowest BCUT2D eigenvalue weighted by molar-refractivity contribution is -0.126. The number of rotatable bonds is 3. The van der Waals surface area contributed by atoms with Crippen LogP contribution in [-0.2, 0) is 16.1 Å². The first-order valence-corrected chi connectivity index (χ1v) is 7.77. The highest BCUT2D eigenvalue weighted by Gasteiger charge is 2.30. The summed E-state index contributed by atoms with van der Waals surface area (Å²) in [5.74, 6) is -1.50. The van der Waals surface area contributed by atoms with Crippen LogP contribution in [0.4, 0.5) is 10.1 Å². The van der Waals surface area contributed by atoms with Crippen LogP contribution >= 0.6 is 11.3 Å². The minimum Gasteiger partial charge on any atom is -0.351 e. The zero-order chi connectivity index (χ0) is 15.7. The SMILES string of the molecule is Cc1ccc(CNC(=O)C2CC(=O)Nc3cc(F)ccc32)s1. The van der Waals surface area contributed by atoms with Crippen molar-refractivity contribution in [3.05, 3.63) is 51.5 Å². The molecule has 0 spiro atoms. The fourth-order valence-corrected chi connectivity index (χ4v) is 3.38. The van der Waals surface area contributed by atoms with Crippen LogP contribution in [0.1, 0.15) is 27.7 Å². The standard InChI is InChI=1S/C16H15FN2O2S/c1-9-2-4-11(22-9)8-18-16(21)13-7-15(20)19-14-6-10(17)3-5-12(13)14/h2-6,13H,7-8H2,1H3,(H,18,21)(H,19,20). The van der Waals surface area contributed by atoms with Crippen LogP contribution in [0.25, 0.3) is 0 Å². The Morgan fingerprint density at radius 2 is 2.23 bits per heavy atom. The van der Waals surface area contributed by atoms with E-state index in [0.717, 1.165) is 4.88 Å². The first kappa shape index (κ1) is 14.7. The van der Waals surface area contributed by atoms with Gasteiger partial charge in [0.1, 0.15) is 5.82 Å². The van der Waals surface area contributed by atoms with E-state index < -0.39 is 11.7 Å². The van der Waals surface area contributed by atoms with Crippen molar-refractivity contribution >= 4 is 28.8 Å². The largest absolute Gasteiger partial charge is 0.351 e. The second-order valence-electron chi connectivity index (χ2n) is 5.27. The number of hydrogen-bond donors (Lipinski definition) is 2. The number of thiophene rings is 1. The van der Waals surface area contributed by atoms with Crippen LogP contribution in [0.2, 0.25) is 0 Å². The summed E-state index contributed by atoms with van der Waals surface area (Å²) in [6.45, 7) is 2.44. The lowest BCUT2D eigenvalue weighted by atomic mass is 9.89. The molecule has 1 aromatic carbocycles. The molecule has 6 heteroatoms. The van der Waals surface area contributed by atoms with Gasteiger partial charge in [0.05, 0.1) is 12.5 Å². The minimum absolute atomic E-state index is 0.0773. The maximum atomic E-state index is 13.3. The van der Waals surface area contributed by atoms with Gasteiger partial charge in [0.25, 0.3) is 0 Å².